The van der Waals surface area contributed by atoms with Gasteiger partial charge in [0.2, 0.25) is 0 Å². The summed E-state index contributed by atoms with van der Waals surface area (Å²) >= 11 is 0. The van der Waals surface area contributed by atoms with Crippen LogP contribution in [-0.4, -0.2) is 16.8 Å². The molecule has 0 radical (unpaired) electrons. The summed E-state index contributed by atoms with van der Waals surface area (Å²) in [5.41, 5.74) is -0.566. The molecular formula is C22H16F2N2O4S2. The molecule has 0 aromatic heterocycles. The third-order valence-corrected chi connectivity index (χ3v) is 7.38. The van der Waals surface area contributed by atoms with Crippen LogP contribution < -0.4 is 9.44 Å². The minimum atomic E-state index is -4.38. The molecule has 4 aromatic rings. The average molecular weight is 475 g/mol. The molecule has 0 spiro atoms. The maximum atomic E-state index is 14.0. The van der Waals surface area contributed by atoms with E-state index in [9.17, 15) is 25.6 Å². The molecule has 0 aliphatic heterocycles. The largest absolute Gasteiger partial charge is 0.277 e. The van der Waals surface area contributed by atoms with Crippen molar-refractivity contribution in [1.82, 2.24) is 0 Å². The second kappa shape index (κ2) is 8.21. The Kier molecular flexibility index (Phi) is 5.57. The van der Waals surface area contributed by atoms with Crippen LogP contribution in [0.1, 0.15) is 0 Å². The second-order valence-corrected chi connectivity index (χ2v) is 10.1. The van der Waals surface area contributed by atoms with Crippen molar-refractivity contribution in [3.05, 3.63) is 96.6 Å². The van der Waals surface area contributed by atoms with E-state index in [4.69, 9.17) is 0 Å². The van der Waals surface area contributed by atoms with Crippen molar-refractivity contribution >= 4 is 42.2 Å². The number of para-hydroxylation sites is 2. The number of hydrogen-bond donors (Lipinski definition) is 2. The van der Waals surface area contributed by atoms with Crippen LogP contribution in [0.25, 0.3) is 10.8 Å². The van der Waals surface area contributed by atoms with E-state index in [1.165, 1.54) is 48.5 Å². The highest BCUT2D eigenvalue weighted by Crippen LogP contribution is 2.30. The van der Waals surface area contributed by atoms with Crippen LogP contribution in [0.3, 0.4) is 0 Å². The zero-order valence-electron chi connectivity index (χ0n) is 16.3. The second-order valence-electron chi connectivity index (χ2n) is 6.81. The van der Waals surface area contributed by atoms with Gasteiger partial charge in [0, 0.05) is 5.39 Å². The van der Waals surface area contributed by atoms with E-state index < -0.39 is 36.6 Å². The van der Waals surface area contributed by atoms with Gasteiger partial charge < -0.3 is 0 Å². The minimum absolute atomic E-state index is 0.237. The third kappa shape index (κ3) is 4.27. The number of hydrogen-bond acceptors (Lipinski definition) is 4. The van der Waals surface area contributed by atoms with Gasteiger partial charge in [-0.2, -0.15) is 0 Å². The lowest BCUT2D eigenvalue weighted by molar-refractivity contribution is 0.597. The van der Waals surface area contributed by atoms with Crippen LogP contribution in [0, 0.1) is 11.6 Å². The lowest BCUT2D eigenvalue weighted by Gasteiger charge is -2.14. The maximum Gasteiger partial charge on any atom is 0.262 e. The van der Waals surface area contributed by atoms with Gasteiger partial charge >= 0.3 is 0 Å². The number of fused-ring (bicyclic) bond motifs is 1. The molecule has 164 valence electrons. The molecule has 0 aliphatic carbocycles. The molecule has 0 fully saturated rings. The molecule has 0 saturated carbocycles. The molecule has 0 bridgehead atoms. The summed E-state index contributed by atoms with van der Waals surface area (Å²) in [7, 11) is -8.73. The van der Waals surface area contributed by atoms with E-state index >= 15 is 0 Å². The molecule has 0 heterocycles. The van der Waals surface area contributed by atoms with Crippen LogP contribution in [0.5, 0.6) is 0 Å². The van der Waals surface area contributed by atoms with E-state index in [0.717, 1.165) is 18.2 Å². The zero-order valence-corrected chi connectivity index (χ0v) is 17.9. The number of sulfonamides is 2. The highest BCUT2D eigenvalue weighted by atomic mass is 32.2. The Morgan fingerprint density at radius 3 is 1.69 bits per heavy atom. The van der Waals surface area contributed by atoms with Crippen molar-refractivity contribution in [3.8, 4) is 0 Å². The summed E-state index contributed by atoms with van der Waals surface area (Å²) in [6, 6.07) is 18.9. The number of nitrogens with one attached hydrogen (secondary N) is 2. The van der Waals surface area contributed by atoms with E-state index in [0.29, 0.717) is 5.39 Å². The molecule has 4 aromatic carbocycles. The van der Waals surface area contributed by atoms with Gasteiger partial charge in [-0.15, -0.1) is 0 Å². The van der Waals surface area contributed by atoms with Crippen molar-refractivity contribution in [2.45, 2.75) is 9.79 Å². The Bertz CT molecular complexity index is 1540. The standard InChI is InChI=1S/C22H16F2N2O4S2/c23-18-9-3-5-11-20(18)25-31(27,28)16-13-15-7-1-2-8-17(15)22(14-16)32(29,30)26-21-12-6-4-10-19(21)24/h1-14,25-26H. The summed E-state index contributed by atoms with van der Waals surface area (Å²) in [5.74, 6) is -1.57. The topological polar surface area (TPSA) is 92.3 Å². The molecule has 0 aliphatic rings. The van der Waals surface area contributed by atoms with Gasteiger partial charge in [0.25, 0.3) is 20.0 Å². The van der Waals surface area contributed by atoms with Crippen LogP contribution in [0.4, 0.5) is 20.2 Å². The fraction of sp³-hybridized carbons (Fsp3) is 0. The van der Waals surface area contributed by atoms with Gasteiger partial charge in [0.15, 0.2) is 0 Å². The molecule has 32 heavy (non-hydrogen) atoms. The number of benzene rings is 4. The summed E-state index contributed by atoms with van der Waals surface area (Å²) < 4.78 is 84.4. The average Bonchev–Trinajstić information content (AvgIpc) is 2.76. The van der Waals surface area contributed by atoms with Crippen LogP contribution >= 0.6 is 0 Å². The highest BCUT2D eigenvalue weighted by molar-refractivity contribution is 7.93. The molecule has 0 amide bonds. The summed E-state index contributed by atoms with van der Waals surface area (Å²) in [5, 5.41) is 0.555. The Balaban J connectivity index is 1.85. The third-order valence-electron chi connectivity index (χ3n) is 4.63. The first-order valence-electron chi connectivity index (χ1n) is 9.25. The number of halogens is 2. The lowest BCUT2D eigenvalue weighted by Crippen LogP contribution is -2.17. The molecule has 0 saturated heterocycles. The van der Waals surface area contributed by atoms with Gasteiger partial charge in [0.1, 0.15) is 11.6 Å². The first-order chi connectivity index (χ1) is 15.2. The highest BCUT2D eigenvalue weighted by Gasteiger charge is 2.24. The SMILES string of the molecule is O=S(=O)(Nc1ccccc1F)c1cc(S(=O)(=O)Nc2ccccc2F)c2ccccc2c1. The first-order valence-corrected chi connectivity index (χ1v) is 12.2. The van der Waals surface area contributed by atoms with Gasteiger partial charge in [0.05, 0.1) is 21.2 Å². The fourth-order valence-electron chi connectivity index (χ4n) is 3.12. The normalized spacial score (nSPS) is 11.9. The monoisotopic (exact) mass is 474 g/mol. The molecule has 0 atom stereocenters. The van der Waals surface area contributed by atoms with Crippen molar-refractivity contribution in [2.24, 2.45) is 0 Å². The van der Waals surface area contributed by atoms with Crippen molar-refractivity contribution in [3.63, 3.8) is 0 Å². The first kappa shape index (κ1) is 21.7. The van der Waals surface area contributed by atoms with Gasteiger partial charge in [-0.05, 0) is 41.8 Å². The molecule has 0 unspecified atom stereocenters. The van der Waals surface area contributed by atoms with Gasteiger partial charge in [-0.3, -0.25) is 9.44 Å². The van der Waals surface area contributed by atoms with E-state index in [2.05, 4.69) is 9.44 Å². The molecule has 4 rings (SSSR count). The Morgan fingerprint density at radius 2 is 1.09 bits per heavy atom. The zero-order chi connectivity index (χ0) is 22.9. The lowest BCUT2D eigenvalue weighted by atomic mass is 10.1. The molecule has 6 nitrogen and oxygen atoms in total. The van der Waals surface area contributed by atoms with Crippen molar-refractivity contribution in [2.75, 3.05) is 9.44 Å². The number of anilines is 2. The van der Waals surface area contributed by atoms with Crippen molar-refractivity contribution in [1.29, 1.82) is 0 Å². The number of rotatable bonds is 6. The van der Waals surface area contributed by atoms with E-state index in [1.54, 1.807) is 18.2 Å². The Morgan fingerprint density at radius 1 is 0.594 bits per heavy atom. The molecular weight excluding hydrogens is 458 g/mol. The van der Waals surface area contributed by atoms with Gasteiger partial charge in [-0.25, -0.2) is 25.6 Å². The van der Waals surface area contributed by atoms with Crippen LogP contribution in [0.15, 0.2) is 94.7 Å². The smallest absolute Gasteiger partial charge is 0.262 e. The predicted octanol–water partition coefficient (Wildman–Crippen LogP) is 4.72. The van der Waals surface area contributed by atoms with Crippen molar-refractivity contribution < 1.29 is 25.6 Å². The molecule has 2 N–H and O–H groups in total. The Labute approximate surface area is 183 Å². The van der Waals surface area contributed by atoms with Crippen LogP contribution in [0.2, 0.25) is 0 Å². The summed E-state index contributed by atoms with van der Waals surface area (Å²) in [6.45, 7) is 0. The predicted molar refractivity (Wildman–Crippen MR) is 118 cm³/mol. The van der Waals surface area contributed by atoms with Crippen LogP contribution in [-0.2, 0) is 20.0 Å². The van der Waals surface area contributed by atoms with E-state index in [1.807, 2.05) is 0 Å². The van der Waals surface area contributed by atoms with Gasteiger partial charge in [-0.1, -0.05) is 48.5 Å². The summed E-state index contributed by atoms with van der Waals surface area (Å²) in [4.78, 5) is -0.763. The fourth-order valence-corrected chi connectivity index (χ4v) is 5.64. The maximum absolute atomic E-state index is 14.0. The van der Waals surface area contributed by atoms with E-state index in [-0.39, 0.29) is 21.7 Å². The quantitative estimate of drug-likeness (QED) is 0.423. The Hall–Kier alpha value is -3.50. The molecule has 10 heteroatoms. The summed E-state index contributed by atoms with van der Waals surface area (Å²) in [6.07, 6.45) is 0. The minimum Gasteiger partial charge on any atom is -0.277 e.